The van der Waals surface area contributed by atoms with Gasteiger partial charge in [-0.1, -0.05) is 48.5 Å². The largest absolute Gasteiger partial charge is 0.508 e. The first kappa shape index (κ1) is 20.3. The van der Waals surface area contributed by atoms with Crippen LogP contribution in [-0.4, -0.2) is 25.2 Å². The van der Waals surface area contributed by atoms with Crippen LogP contribution in [0.4, 0.5) is 0 Å². The van der Waals surface area contributed by atoms with Crippen LogP contribution in [0, 0.1) is 0 Å². The number of hydrogen-bond acceptors (Lipinski definition) is 4. The molecule has 5 nitrogen and oxygen atoms in total. The van der Waals surface area contributed by atoms with Crippen molar-refractivity contribution in [3.63, 3.8) is 0 Å². The van der Waals surface area contributed by atoms with Gasteiger partial charge >= 0.3 is 0 Å². The summed E-state index contributed by atoms with van der Waals surface area (Å²) < 4.78 is 10.5. The van der Waals surface area contributed by atoms with Crippen molar-refractivity contribution in [2.24, 2.45) is 0 Å². The molecule has 0 aromatic heterocycles. The molecule has 0 radical (unpaired) electrons. The molecule has 156 valence electrons. The molecule has 2 N–H and O–H groups in total. The summed E-state index contributed by atoms with van der Waals surface area (Å²) in [5.74, 6) is 1.16. The molecule has 1 atom stereocenters. The van der Waals surface area contributed by atoms with Gasteiger partial charge in [0.25, 0.3) is 5.91 Å². The summed E-state index contributed by atoms with van der Waals surface area (Å²) in [4.78, 5) is 13.2. The summed E-state index contributed by atoms with van der Waals surface area (Å²) in [6, 6.07) is 25.1. The number of methoxy groups -OCH3 is 2. The van der Waals surface area contributed by atoms with Crippen LogP contribution < -0.4 is 14.8 Å². The van der Waals surface area contributed by atoms with Gasteiger partial charge in [0.1, 0.15) is 17.2 Å². The maximum absolute atomic E-state index is 13.2. The third-order valence-electron chi connectivity index (χ3n) is 5.29. The Morgan fingerprint density at radius 3 is 2.32 bits per heavy atom. The number of carbonyl (C=O) groups is 1. The van der Waals surface area contributed by atoms with E-state index in [1.807, 2.05) is 54.6 Å². The van der Waals surface area contributed by atoms with Gasteiger partial charge in [0.05, 0.1) is 20.3 Å². The van der Waals surface area contributed by atoms with E-state index >= 15 is 0 Å². The number of nitrogens with one attached hydrogen (secondary N) is 1. The maximum Gasteiger partial charge on any atom is 0.252 e. The highest BCUT2D eigenvalue weighted by Gasteiger charge is 2.23. The molecule has 4 aromatic carbocycles. The zero-order chi connectivity index (χ0) is 21.8. The first-order chi connectivity index (χ1) is 15.1. The van der Waals surface area contributed by atoms with Crippen molar-refractivity contribution < 1.29 is 19.4 Å². The molecule has 0 spiro atoms. The van der Waals surface area contributed by atoms with Crippen molar-refractivity contribution in [2.75, 3.05) is 14.2 Å². The van der Waals surface area contributed by atoms with Crippen molar-refractivity contribution >= 4 is 16.7 Å². The molecular weight excluding hydrogens is 390 g/mol. The molecule has 0 saturated heterocycles. The van der Waals surface area contributed by atoms with Crippen LogP contribution in [-0.2, 0) is 0 Å². The van der Waals surface area contributed by atoms with Crippen LogP contribution in [0.25, 0.3) is 10.8 Å². The number of aromatic hydroxyl groups is 1. The minimum absolute atomic E-state index is 0.116. The van der Waals surface area contributed by atoms with E-state index in [4.69, 9.17) is 9.47 Å². The van der Waals surface area contributed by atoms with E-state index in [9.17, 15) is 9.90 Å². The van der Waals surface area contributed by atoms with Crippen molar-refractivity contribution in [3.8, 4) is 17.2 Å². The molecule has 1 amide bonds. The summed E-state index contributed by atoms with van der Waals surface area (Å²) in [5.41, 5.74) is 1.93. The number of rotatable bonds is 6. The Labute approximate surface area is 180 Å². The van der Waals surface area contributed by atoms with Gasteiger partial charge in [-0.2, -0.15) is 0 Å². The number of phenols is 1. The van der Waals surface area contributed by atoms with Gasteiger partial charge in [0, 0.05) is 11.1 Å². The molecule has 0 heterocycles. The molecule has 1 unspecified atom stereocenters. The van der Waals surface area contributed by atoms with Crippen LogP contribution in [0.2, 0.25) is 0 Å². The Hall–Kier alpha value is -3.99. The lowest BCUT2D eigenvalue weighted by Crippen LogP contribution is -2.29. The van der Waals surface area contributed by atoms with Gasteiger partial charge < -0.3 is 19.9 Å². The maximum atomic E-state index is 13.2. The molecule has 0 aliphatic rings. The molecule has 4 aromatic rings. The second kappa shape index (κ2) is 8.79. The van der Waals surface area contributed by atoms with E-state index in [0.29, 0.717) is 22.6 Å². The van der Waals surface area contributed by atoms with E-state index in [-0.39, 0.29) is 11.7 Å². The van der Waals surface area contributed by atoms with Gasteiger partial charge in [-0.25, -0.2) is 0 Å². The Morgan fingerprint density at radius 2 is 1.58 bits per heavy atom. The fraction of sp³-hybridized carbons (Fsp3) is 0.115. The number of amides is 1. The average molecular weight is 413 g/mol. The number of carbonyl (C=O) groups excluding carboxylic acids is 1. The quantitative estimate of drug-likeness (QED) is 0.462. The second-order valence-corrected chi connectivity index (χ2v) is 7.13. The van der Waals surface area contributed by atoms with Crippen LogP contribution in [0.3, 0.4) is 0 Å². The first-order valence-electron chi connectivity index (χ1n) is 9.90. The molecule has 0 aliphatic carbocycles. The number of benzene rings is 4. The number of phenolic OH excluding ortho intramolecular Hbond substituents is 1. The molecule has 31 heavy (non-hydrogen) atoms. The molecule has 4 rings (SSSR count). The van der Waals surface area contributed by atoms with E-state index in [0.717, 1.165) is 16.3 Å². The molecule has 0 fully saturated rings. The van der Waals surface area contributed by atoms with Crippen LogP contribution in [0.5, 0.6) is 17.2 Å². The second-order valence-electron chi connectivity index (χ2n) is 7.13. The SMILES string of the molecule is COc1ccc(C(NC(=O)c2cccc(OC)c2)c2c(O)ccc3ccccc23)cc1. The van der Waals surface area contributed by atoms with Crippen LogP contribution in [0.1, 0.15) is 27.5 Å². The van der Waals surface area contributed by atoms with Crippen LogP contribution in [0.15, 0.2) is 84.9 Å². The minimum Gasteiger partial charge on any atom is -0.508 e. The zero-order valence-corrected chi connectivity index (χ0v) is 17.3. The Morgan fingerprint density at radius 1 is 0.839 bits per heavy atom. The van der Waals surface area contributed by atoms with Crippen LogP contribution >= 0.6 is 0 Å². The van der Waals surface area contributed by atoms with E-state index in [1.54, 1.807) is 44.6 Å². The summed E-state index contributed by atoms with van der Waals surface area (Å²) >= 11 is 0. The molecule has 5 heteroatoms. The van der Waals surface area contributed by atoms with Gasteiger partial charge in [-0.15, -0.1) is 0 Å². The summed E-state index contributed by atoms with van der Waals surface area (Å²) in [5, 5.41) is 15.7. The highest BCUT2D eigenvalue weighted by molar-refractivity contribution is 5.96. The predicted octanol–water partition coefficient (Wildman–Crippen LogP) is 5.08. The Bertz CT molecular complexity index is 1220. The van der Waals surface area contributed by atoms with Gasteiger partial charge in [0.2, 0.25) is 0 Å². The predicted molar refractivity (Wildman–Crippen MR) is 121 cm³/mol. The van der Waals surface area contributed by atoms with Crippen molar-refractivity contribution in [2.45, 2.75) is 6.04 Å². The lowest BCUT2D eigenvalue weighted by molar-refractivity contribution is 0.0942. The molecular formula is C26H23NO4. The third-order valence-corrected chi connectivity index (χ3v) is 5.29. The fourth-order valence-corrected chi connectivity index (χ4v) is 3.68. The molecule has 0 aliphatic heterocycles. The van der Waals surface area contributed by atoms with Crippen molar-refractivity contribution in [3.05, 3.63) is 102 Å². The standard InChI is InChI=1S/C26H23NO4/c1-30-20-13-10-18(11-14-20)25(27-26(29)19-7-5-8-21(16-19)31-2)24-22-9-4-3-6-17(22)12-15-23(24)28/h3-16,25,28H,1-2H3,(H,27,29). The van der Waals surface area contributed by atoms with Gasteiger partial charge in [0.15, 0.2) is 0 Å². The smallest absolute Gasteiger partial charge is 0.252 e. The first-order valence-corrected chi connectivity index (χ1v) is 9.90. The van der Waals surface area contributed by atoms with E-state index in [2.05, 4.69) is 5.32 Å². The molecule has 0 saturated carbocycles. The minimum atomic E-state index is -0.573. The van der Waals surface area contributed by atoms with Gasteiger partial charge in [-0.05, 0) is 52.7 Å². The fourth-order valence-electron chi connectivity index (χ4n) is 3.68. The van der Waals surface area contributed by atoms with Crippen molar-refractivity contribution in [1.29, 1.82) is 0 Å². The highest BCUT2D eigenvalue weighted by Crippen LogP contribution is 2.36. The number of hydrogen-bond donors (Lipinski definition) is 2. The van der Waals surface area contributed by atoms with E-state index < -0.39 is 6.04 Å². The Balaban J connectivity index is 1.82. The average Bonchev–Trinajstić information content (AvgIpc) is 2.83. The Kier molecular flexibility index (Phi) is 5.76. The number of fused-ring (bicyclic) bond motifs is 1. The summed E-state index contributed by atoms with van der Waals surface area (Å²) in [6.45, 7) is 0. The highest BCUT2D eigenvalue weighted by atomic mass is 16.5. The van der Waals surface area contributed by atoms with E-state index in [1.165, 1.54) is 0 Å². The zero-order valence-electron chi connectivity index (χ0n) is 17.3. The third kappa shape index (κ3) is 4.16. The van der Waals surface area contributed by atoms with Gasteiger partial charge in [-0.3, -0.25) is 4.79 Å². The monoisotopic (exact) mass is 413 g/mol. The lowest BCUT2D eigenvalue weighted by Gasteiger charge is -2.23. The summed E-state index contributed by atoms with van der Waals surface area (Å²) in [7, 11) is 3.17. The summed E-state index contributed by atoms with van der Waals surface area (Å²) in [6.07, 6.45) is 0. The topological polar surface area (TPSA) is 67.8 Å². The lowest BCUT2D eigenvalue weighted by atomic mass is 9.92. The van der Waals surface area contributed by atoms with Crippen molar-refractivity contribution in [1.82, 2.24) is 5.32 Å². The normalized spacial score (nSPS) is 11.7. The molecule has 0 bridgehead atoms. The number of ether oxygens (including phenoxy) is 2.